The van der Waals surface area contributed by atoms with Gasteiger partial charge in [0.1, 0.15) is 5.75 Å². The molecule has 0 unspecified atom stereocenters. The Morgan fingerprint density at radius 2 is 1.80 bits per heavy atom. The molecule has 0 radical (unpaired) electrons. The molecule has 0 amide bonds. The molecule has 30 heavy (non-hydrogen) atoms. The lowest BCUT2D eigenvalue weighted by Gasteiger charge is -2.38. The minimum Gasteiger partial charge on any atom is -0.493 e. The zero-order valence-electron chi connectivity index (χ0n) is 18.2. The second kappa shape index (κ2) is 8.51. The molecule has 2 aliphatic rings. The van der Waals surface area contributed by atoms with E-state index in [9.17, 15) is 4.21 Å². The van der Waals surface area contributed by atoms with Crippen LogP contribution < -0.4 is 9.64 Å². The number of ether oxygens (including phenoxy) is 1. The van der Waals surface area contributed by atoms with Gasteiger partial charge < -0.3 is 9.64 Å². The van der Waals surface area contributed by atoms with Gasteiger partial charge in [-0.25, -0.2) is 18.5 Å². The van der Waals surface area contributed by atoms with Crippen LogP contribution in [0.3, 0.4) is 0 Å². The van der Waals surface area contributed by atoms with Crippen molar-refractivity contribution in [2.24, 2.45) is 4.36 Å². The average Bonchev–Trinajstić information content (AvgIpc) is 3.20. The first kappa shape index (κ1) is 21.1. The number of fused-ring (bicyclic) bond motifs is 1. The lowest BCUT2D eigenvalue weighted by Crippen LogP contribution is -2.47. The maximum atomic E-state index is 12.7. The van der Waals surface area contributed by atoms with Gasteiger partial charge in [-0.2, -0.15) is 0 Å². The maximum absolute atomic E-state index is 12.7. The largest absolute Gasteiger partial charge is 0.493 e. The monoisotopic (exact) mass is 429 g/mol. The first-order valence-electron chi connectivity index (χ1n) is 10.6. The summed E-state index contributed by atoms with van der Waals surface area (Å²) in [5, 5.41) is 0. The molecule has 0 bridgehead atoms. The van der Waals surface area contributed by atoms with Crippen LogP contribution in [-0.2, 0) is 16.1 Å². The van der Waals surface area contributed by atoms with Gasteiger partial charge in [0.2, 0.25) is 5.95 Å². The Morgan fingerprint density at radius 3 is 2.47 bits per heavy atom. The highest BCUT2D eigenvalue weighted by Gasteiger charge is 2.25. The minimum atomic E-state index is -2.45. The Labute approximate surface area is 179 Å². The molecule has 8 heteroatoms. The van der Waals surface area contributed by atoms with Crippen molar-refractivity contribution in [2.45, 2.75) is 44.2 Å². The van der Waals surface area contributed by atoms with Gasteiger partial charge in [-0.05, 0) is 38.0 Å². The molecule has 3 heterocycles. The molecule has 1 fully saturated rings. The molecule has 0 spiro atoms. The lowest BCUT2D eigenvalue weighted by atomic mass is 10.0. The van der Waals surface area contributed by atoms with Crippen molar-refractivity contribution >= 4 is 15.7 Å². The minimum absolute atomic E-state index is 0.00878. The predicted octanol–water partition coefficient (Wildman–Crippen LogP) is 3.16. The Bertz CT molecular complexity index is 1010. The number of hydrogen-bond acceptors (Lipinski definition) is 7. The highest BCUT2D eigenvalue weighted by molar-refractivity contribution is 7.93. The first-order chi connectivity index (χ1) is 14.3. The van der Waals surface area contributed by atoms with E-state index in [0.717, 1.165) is 45.0 Å². The number of nitrogens with zero attached hydrogens (tertiary/aromatic N) is 5. The second-order valence-electron chi connectivity index (χ2n) is 8.39. The molecule has 7 nitrogen and oxygen atoms in total. The lowest BCUT2D eigenvalue weighted by molar-refractivity contribution is 0.197. The van der Waals surface area contributed by atoms with E-state index >= 15 is 0 Å². The SMILES string of the molecule is CC(C)N=[S@@](C)(=O)c1cnc(N2CCN([C@@H](C)c3ccc4c(c3)OCC4)CC2)nc1. The summed E-state index contributed by atoms with van der Waals surface area (Å²) >= 11 is 0. The molecule has 4 rings (SSSR count). The molecule has 162 valence electrons. The zero-order valence-corrected chi connectivity index (χ0v) is 19.1. The van der Waals surface area contributed by atoms with Gasteiger partial charge in [-0.15, -0.1) is 0 Å². The summed E-state index contributed by atoms with van der Waals surface area (Å²) in [6.45, 7) is 10.5. The van der Waals surface area contributed by atoms with Gasteiger partial charge in [-0.3, -0.25) is 4.90 Å². The summed E-state index contributed by atoms with van der Waals surface area (Å²) in [6.07, 6.45) is 5.99. The predicted molar refractivity (Wildman–Crippen MR) is 120 cm³/mol. The van der Waals surface area contributed by atoms with Crippen LogP contribution in [0, 0.1) is 0 Å². The Kier molecular flexibility index (Phi) is 5.97. The number of aromatic nitrogens is 2. The van der Waals surface area contributed by atoms with Crippen molar-refractivity contribution in [2.75, 3.05) is 43.9 Å². The third-order valence-corrected chi connectivity index (χ3v) is 7.72. The summed E-state index contributed by atoms with van der Waals surface area (Å²) in [6, 6.07) is 6.99. The number of hydrogen-bond donors (Lipinski definition) is 0. The topological polar surface area (TPSA) is 70.9 Å². The van der Waals surface area contributed by atoms with Gasteiger partial charge in [0, 0.05) is 57.3 Å². The molecule has 1 saturated heterocycles. The summed E-state index contributed by atoms with van der Waals surface area (Å²) in [5.41, 5.74) is 2.62. The number of benzene rings is 1. The Morgan fingerprint density at radius 1 is 1.10 bits per heavy atom. The van der Waals surface area contributed by atoms with Crippen LogP contribution in [0.4, 0.5) is 5.95 Å². The van der Waals surface area contributed by atoms with Gasteiger partial charge in [-0.1, -0.05) is 12.1 Å². The number of anilines is 1. The van der Waals surface area contributed by atoms with Crippen molar-refractivity contribution in [3.63, 3.8) is 0 Å². The van der Waals surface area contributed by atoms with Gasteiger partial charge in [0.15, 0.2) is 0 Å². The number of piperazine rings is 1. The first-order valence-corrected chi connectivity index (χ1v) is 12.5. The molecule has 2 aliphatic heterocycles. The molecule has 2 aromatic rings. The molecular weight excluding hydrogens is 398 g/mol. The van der Waals surface area contributed by atoms with Crippen molar-refractivity contribution in [3.05, 3.63) is 41.7 Å². The number of rotatable bonds is 5. The van der Waals surface area contributed by atoms with Crippen LogP contribution in [0.2, 0.25) is 0 Å². The van der Waals surface area contributed by atoms with E-state index in [2.05, 4.69) is 49.3 Å². The van der Waals surface area contributed by atoms with Crippen molar-refractivity contribution < 1.29 is 8.95 Å². The standard InChI is InChI=1S/C22H31N5O2S/c1-16(2)25-30(4,28)20-14-23-22(24-15-20)27-10-8-26(9-11-27)17(3)19-6-5-18-7-12-29-21(18)13-19/h5-6,13-17H,7-12H2,1-4H3/t17-,30-/m0/s1. The van der Waals surface area contributed by atoms with Gasteiger partial charge in [0.05, 0.1) is 27.3 Å². The van der Waals surface area contributed by atoms with Crippen LogP contribution in [0.5, 0.6) is 5.75 Å². The van der Waals surface area contributed by atoms with E-state index in [1.807, 2.05) is 13.8 Å². The smallest absolute Gasteiger partial charge is 0.225 e. The fourth-order valence-corrected chi connectivity index (χ4v) is 5.52. The third-order valence-electron chi connectivity index (χ3n) is 5.81. The van der Waals surface area contributed by atoms with Crippen molar-refractivity contribution in [3.8, 4) is 5.75 Å². The van der Waals surface area contributed by atoms with E-state index < -0.39 is 9.73 Å². The van der Waals surface area contributed by atoms with E-state index in [1.165, 1.54) is 11.1 Å². The zero-order chi connectivity index (χ0) is 21.3. The molecular formula is C22H31N5O2S. The van der Waals surface area contributed by atoms with Crippen molar-refractivity contribution in [1.82, 2.24) is 14.9 Å². The Hall–Kier alpha value is -2.19. The highest BCUT2D eigenvalue weighted by Crippen LogP contribution is 2.31. The van der Waals surface area contributed by atoms with Crippen LogP contribution in [-0.4, -0.2) is 64.2 Å². The molecule has 1 aromatic carbocycles. The molecule has 2 atom stereocenters. The summed E-state index contributed by atoms with van der Waals surface area (Å²) in [7, 11) is -2.45. The average molecular weight is 430 g/mol. The molecule has 0 N–H and O–H groups in total. The molecule has 1 aromatic heterocycles. The third kappa shape index (κ3) is 4.44. The Balaban J connectivity index is 1.39. The maximum Gasteiger partial charge on any atom is 0.225 e. The van der Waals surface area contributed by atoms with Crippen LogP contribution in [0.1, 0.15) is 37.9 Å². The summed E-state index contributed by atoms with van der Waals surface area (Å²) in [5.74, 6) is 1.74. The van der Waals surface area contributed by atoms with Crippen LogP contribution in [0.25, 0.3) is 0 Å². The summed E-state index contributed by atoms with van der Waals surface area (Å²) < 4.78 is 22.8. The van der Waals surface area contributed by atoms with Gasteiger partial charge >= 0.3 is 0 Å². The summed E-state index contributed by atoms with van der Waals surface area (Å²) in [4.78, 5) is 14.2. The molecule has 0 saturated carbocycles. The van der Waals surface area contributed by atoms with Crippen LogP contribution in [0.15, 0.2) is 39.9 Å². The van der Waals surface area contributed by atoms with E-state index in [0.29, 0.717) is 16.9 Å². The fourth-order valence-electron chi connectivity index (χ4n) is 4.09. The molecule has 0 aliphatic carbocycles. The van der Waals surface area contributed by atoms with Gasteiger partial charge in [0.25, 0.3) is 0 Å². The normalized spacial score (nSPS) is 19.8. The van der Waals surface area contributed by atoms with E-state index in [4.69, 9.17) is 4.74 Å². The quantitative estimate of drug-likeness (QED) is 0.727. The highest BCUT2D eigenvalue weighted by atomic mass is 32.2. The van der Waals surface area contributed by atoms with E-state index in [1.54, 1.807) is 18.6 Å². The second-order valence-corrected chi connectivity index (χ2v) is 10.7. The van der Waals surface area contributed by atoms with E-state index in [-0.39, 0.29) is 6.04 Å². The van der Waals surface area contributed by atoms with Crippen molar-refractivity contribution in [1.29, 1.82) is 0 Å². The van der Waals surface area contributed by atoms with Crippen LogP contribution >= 0.6 is 0 Å². The fraction of sp³-hybridized carbons (Fsp3) is 0.545.